The van der Waals surface area contributed by atoms with Gasteiger partial charge < -0.3 is 24.6 Å². The van der Waals surface area contributed by atoms with Gasteiger partial charge in [-0.25, -0.2) is 4.98 Å². The summed E-state index contributed by atoms with van der Waals surface area (Å²) >= 11 is 0. The number of benzene rings is 2. The zero-order valence-corrected chi connectivity index (χ0v) is 22.3. The lowest BCUT2D eigenvalue weighted by Gasteiger charge is -2.29. The van der Waals surface area contributed by atoms with Crippen LogP contribution >= 0.6 is 12.4 Å². The second kappa shape index (κ2) is 12.3. The van der Waals surface area contributed by atoms with Crippen molar-refractivity contribution in [3.63, 3.8) is 0 Å². The molecule has 0 amide bonds. The molecule has 2 aliphatic heterocycles. The lowest BCUT2D eigenvalue weighted by Crippen LogP contribution is -2.36. The van der Waals surface area contributed by atoms with E-state index in [1.54, 1.807) is 12.4 Å². The molecular formula is C29H31ClN6O3. The van der Waals surface area contributed by atoms with Gasteiger partial charge in [0.05, 0.1) is 32.1 Å². The van der Waals surface area contributed by atoms with E-state index >= 15 is 0 Å². The number of hydrogen-bond donors (Lipinski definition) is 1. The molecule has 1 N–H and O–H groups in total. The maximum Gasteiger partial charge on any atom is 0.268 e. The van der Waals surface area contributed by atoms with E-state index < -0.39 is 0 Å². The van der Waals surface area contributed by atoms with Crippen molar-refractivity contribution in [3.8, 4) is 0 Å². The Kier molecular flexibility index (Phi) is 8.41. The highest BCUT2D eigenvalue weighted by molar-refractivity contribution is 5.89. The van der Waals surface area contributed by atoms with Crippen molar-refractivity contribution in [2.24, 2.45) is 4.99 Å². The van der Waals surface area contributed by atoms with Crippen LogP contribution in [0.3, 0.4) is 0 Å². The molecule has 0 aliphatic carbocycles. The number of halogens is 1. The Bertz CT molecular complexity index is 1480. The molecule has 202 valence electrons. The van der Waals surface area contributed by atoms with Gasteiger partial charge in [0.2, 0.25) is 0 Å². The maximum atomic E-state index is 13.4. The Hall–Kier alpha value is -3.92. The Morgan fingerprint density at radius 3 is 2.00 bits per heavy atom. The average Bonchev–Trinajstić information content (AvgIpc) is 2.99. The molecule has 0 bridgehead atoms. The summed E-state index contributed by atoms with van der Waals surface area (Å²) in [6.45, 7) is 6.48. The molecule has 4 heterocycles. The lowest BCUT2D eigenvalue weighted by atomic mass is 10.2. The van der Waals surface area contributed by atoms with Gasteiger partial charge in [0.15, 0.2) is 0 Å². The predicted molar refractivity (Wildman–Crippen MR) is 158 cm³/mol. The highest BCUT2D eigenvalue weighted by Crippen LogP contribution is 2.24. The normalized spacial score (nSPS) is 15.9. The number of nitrogens with zero attached hydrogens (tertiary/aromatic N) is 5. The molecule has 2 aromatic heterocycles. The molecule has 10 heteroatoms. The van der Waals surface area contributed by atoms with Crippen LogP contribution in [0.4, 0.5) is 28.6 Å². The Morgan fingerprint density at radius 2 is 1.38 bits per heavy atom. The molecule has 0 radical (unpaired) electrons. The second-order valence-electron chi connectivity index (χ2n) is 9.25. The second-order valence-corrected chi connectivity index (χ2v) is 9.25. The number of pyridine rings is 1. The third kappa shape index (κ3) is 6.06. The van der Waals surface area contributed by atoms with Crippen molar-refractivity contribution in [1.82, 2.24) is 9.38 Å². The molecule has 2 aromatic carbocycles. The number of anilines is 4. The number of hydrogen-bond acceptors (Lipinski definition) is 8. The third-order valence-corrected chi connectivity index (χ3v) is 6.84. The summed E-state index contributed by atoms with van der Waals surface area (Å²) in [6, 6.07) is 21.7. The molecular weight excluding hydrogens is 516 g/mol. The molecule has 0 saturated carbocycles. The molecule has 2 saturated heterocycles. The fraction of sp³-hybridized carbons (Fsp3) is 0.276. The summed E-state index contributed by atoms with van der Waals surface area (Å²) in [4.78, 5) is 27.4. The van der Waals surface area contributed by atoms with Crippen LogP contribution in [-0.4, -0.2) is 68.2 Å². The van der Waals surface area contributed by atoms with E-state index in [0.29, 0.717) is 17.0 Å². The number of ether oxygens (including phenoxy) is 2. The van der Waals surface area contributed by atoms with E-state index in [4.69, 9.17) is 14.5 Å². The largest absolute Gasteiger partial charge is 0.378 e. The first kappa shape index (κ1) is 26.7. The van der Waals surface area contributed by atoms with Gasteiger partial charge in [-0.3, -0.25) is 14.2 Å². The monoisotopic (exact) mass is 546 g/mol. The predicted octanol–water partition coefficient (Wildman–Crippen LogP) is 4.28. The number of aromatic nitrogens is 2. The van der Waals surface area contributed by atoms with Crippen LogP contribution in [0, 0.1) is 0 Å². The van der Waals surface area contributed by atoms with Gasteiger partial charge in [-0.05, 0) is 60.7 Å². The number of nitrogens with one attached hydrogen (secondary N) is 1. The molecule has 9 nitrogen and oxygen atoms in total. The fourth-order valence-corrected chi connectivity index (χ4v) is 4.74. The van der Waals surface area contributed by atoms with Crippen LogP contribution in [0.2, 0.25) is 0 Å². The smallest absolute Gasteiger partial charge is 0.268 e. The van der Waals surface area contributed by atoms with Gasteiger partial charge in [-0.2, -0.15) is 0 Å². The van der Waals surface area contributed by atoms with E-state index in [9.17, 15) is 4.79 Å². The number of fused-ring (bicyclic) bond motifs is 1. The minimum absolute atomic E-state index is 0. The molecule has 0 unspecified atom stereocenters. The summed E-state index contributed by atoms with van der Waals surface area (Å²) in [7, 11) is 0. The van der Waals surface area contributed by atoms with Crippen molar-refractivity contribution in [2.45, 2.75) is 0 Å². The molecule has 6 rings (SSSR count). The van der Waals surface area contributed by atoms with Crippen LogP contribution in [0.15, 0.2) is 82.7 Å². The van der Waals surface area contributed by atoms with Crippen LogP contribution < -0.4 is 20.7 Å². The molecule has 39 heavy (non-hydrogen) atoms. The van der Waals surface area contributed by atoms with Crippen LogP contribution in [-0.2, 0) is 9.47 Å². The maximum absolute atomic E-state index is 13.4. The fourth-order valence-electron chi connectivity index (χ4n) is 4.74. The summed E-state index contributed by atoms with van der Waals surface area (Å²) < 4.78 is 12.4. The quantitative estimate of drug-likeness (QED) is 0.361. The van der Waals surface area contributed by atoms with Gasteiger partial charge in [0, 0.05) is 55.7 Å². The van der Waals surface area contributed by atoms with E-state index in [2.05, 4.69) is 44.4 Å². The molecule has 4 aromatic rings. The van der Waals surface area contributed by atoms with Gasteiger partial charge >= 0.3 is 0 Å². The number of rotatable bonds is 6. The van der Waals surface area contributed by atoms with Crippen LogP contribution in [0.1, 0.15) is 5.56 Å². The van der Waals surface area contributed by atoms with Gasteiger partial charge in [0.1, 0.15) is 17.0 Å². The highest BCUT2D eigenvalue weighted by atomic mass is 35.5. The molecule has 0 atom stereocenters. The van der Waals surface area contributed by atoms with Crippen molar-refractivity contribution in [1.29, 1.82) is 0 Å². The minimum Gasteiger partial charge on any atom is -0.378 e. The Morgan fingerprint density at radius 1 is 0.795 bits per heavy atom. The first-order valence-corrected chi connectivity index (χ1v) is 12.9. The zero-order valence-electron chi connectivity index (χ0n) is 21.5. The van der Waals surface area contributed by atoms with Crippen molar-refractivity contribution in [3.05, 3.63) is 88.8 Å². The zero-order chi connectivity index (χ0) is 25.7. The van der Waals surface area contributed by atoms with Crippen molar-refractivity contribution >= 4 is 52.8 Å². The Balaban J connectivity index is 0.00000308. The minimum atomic E-state index is -0.184. The van der Waals surface area contributed by atoms with E-state index in [1.807, 2.05) is 42.5 Å². The molecule has 2 aliphatic rings. The summed E-state index contributed by atoms with van der Waals surface area (Å²) in [5, 5.41) is 3.35. The molecule has 2 fully saturated rings. The lowest BCUT2D eigenvalue weighted by molar-refractivity contribution is 0.122. The average molecular weight is 547 g/mol. The standard InChI is InChI=1S/C29H30N6O3.ClH/c36-29-26(21-30-22-4-8-24(9-5-22)33-13-17-37-18-14-33)28(32-27-3-1-2-12-35(27)29)31-23-6-10-25(11-7-23)34-15-19-38-20-16-34;/h1-12,21,31H,13-20H2;1H. The number of aliphatic imine (C=N–C) groups is 1. The molecule has 0 spiro atoms. The van der Waals surface area contributed by atoms with Crippen LogP contribution in [0.25, 0.3) is 5.65 Å². The topological polar surface area (TPSA) is 83.7 Å². The summed E-state index contributed by atoms with van der Waals surface area (Å²) in [5.74, 6) is 0.467. The van der Waals surface area contributed by atoms with Crippen molar-refractivity contribution < 1.29 is 9.47 Å². The first-order valence-electron chi connectivity index (χ1n) is 12.9. The van der Waals surface area contributed by atoms with E-state index in [-0.39, 0.29) is 18.0 Å². The third-order valence-electron chi connectivity index (χ3n) is 6.84. The SMILES string of the molecule is Cl.O=c1c(C=Nc2ccc(N3CCOCC3)cc2)c(Nc2ccc(N3CCOCC3)cc2)nc2ccccn12. The van der Waals surface area contributed by atoms with Gasteiger partial charge in [-0.1, -0.05) is 6.07 Å². The number of morpholine rings is 2. The van der Waals surface area contributed by atoms with Crippen LogP contribution in [0.5, 0.6) is 0 Å². The highest BCUT2D eigenvalue weighted by Gasteiger charge is 2.14. The van der Waals surface area contributed by atoms with Crippen molar-refractivity contribution in [2.75, 3.05) is 67.7 Å². The van der Waals surface area contributed by atoms with E-state index in [1.165, 1.54) is 4.40 Å². The van der Waals surface area contributed by atoms with Gasteiger partial charge in [-0.15, -0.1) is 12.4 Å². The Labute approximate surface area is 233 Å². The van der Waals surface area contributed by atoms with E-state index in [0.717, 1.165) is 75.4 Å². The summed E-state index contributed by atoms with van der Waals surface area (Å²) in [5.41, 5.74) is 4.67. The first-order chi connectivity index (χ1) is 18.7. The summed E-state index contributed by atoms with van der Waals surface area (Å²) in [6.07, 6.45) is 3.32. The van der Waals surface area contributed by atoms with Gasteiger partial charge in [0.25, 0.3) is 5.56 Å².